The third kappa shape index (κ3) is 5.34. The van der Waals surface area contributed by atoms with Gasteiger partial charge in [0.2, 0.25) is 0 Å². The monoisotopic (exact) mass is 310 g/mol. The quantitative estimate of drug-likeness (QED) is 0.773. The Labute approximate surface area is 136 Å². The van der Waals surface area contributed by atoms with Crippen LogP contribution in [0.4, 0.5) is 0 Å². The standard InChI is InChI=1S/C19H22N2O2/c1-14(2)20-13-18(22)16-10-8-15(9-11-16)12-21-19(23)17-6-4-3-5-7-17/h3-11,14,20H,12-13H2,1-2H3,(H,21,23). The SMILES string of the molecule is CC(C)NCC(=O)c1ccc(CNC(=O)c2ccccc2)cc1. The number of nitrogens with one attached hydrogen (secondary N) is 2. The number of Topliss-reactive ketones (excluding diaryl/α,β-unsaturated/α-hetero) is 1. The van der Waals surface area contributed by atoms with Gasteiger partial charge in [-0.3, -0.25) is 9.59 Å². The molecule has 23 heavy (non-hydrogen) atoms. The molecule has 0 atom stereocenters. The largest absolute Gasteiger partial charge is 0.348 e. The van der Waals surface area contributed by atoms with E-state index >= 15 is 0 Å². The number of hydrogen-bond donors (Lipinski definition) is 2. The van der Waals surface area contributed by atoms with Crippen molar-refractivity contribution in [1.82, 2.24) is 10.6 Å². The average Bonchev–Trinajstić information content (AvgIpc) is 2.58. The lowest BCUT2D eigenvalue weighted by molar-refractivity contribution is 0.0949. The van der Waals surface area contributed by atoms with E-state index in [1.54, 1.807) is 24.3 Å². The molecule has 2 N–H and O–H groups in total. The highest BCUT2D eigenvalue weighted by atomic mass is 16.1. The molecular weight excluding hydrogens is 288 g/mol. The molecule has 1 amide bonds. The summed E-state index contributed by atoms with van der Waals surface area (Å²) < 4.78 is 0. The number of ketones is 1. The highest BCUT2D eigenvalue weighted by Crippen LogP contribution is 2.06. The van der Waals surface area contributed by atoms with Gasteiger partial charge in [-0.15, -0.1) is 0 Å². The number of hydrogen-bond acceptors (Lipinski definition) is 3. The van der Waals surface area contributed by atoms with Gasteiger partial charge in [-0.05, 0) is 17.7 Å². The lowest BCUT2D eigenvalue weighted by Gasteiger charge is -2.08. The molecule has 2 rings (SSSR count). The molecule has 0 aromatic heterocycles. The molecule has 4 nitrogen and oxygen atoms in total. The molecule has 0 aliphatic rings. The predicted molar refractivity (Wildman–Crippen MR) is 91.5 cm³/mol. The summed E-state index contributed by atoms with van der Waals surface area (Å²) >= 11 is 0. The second-order valence-corrected chi connectivity index (χ2v) is 5.70. The van der Waals surface area contributed by atoms with Crippen LogP contribution in [0, 0.1) is 0 Å². The third-order valence-electron chi connectivity index (χ3n) is 3.44. The van der Waals surface area contributed by atoms with E-state index in [4.69, 9.17) is 0 Å². The first kappa shape index (κ1) is 16.9. The van der Waals surface area contributed by atoms with Crippen molar-refractivity contribution >= 4 is 11.7 Å². The van der Waals surface area contributed by atoms with Crippen LogP contribution in [0.2, 0.25) is 0 Å². The molecule has 0 unspecified atom stereocenters. The van der Waals surface area contributed by atoms with E-state index in [1.807, 2.05) is 44.2 Å². The molecule has 0 spiro atoms. The summed E-state index contributed by atoms with van der Waals surface area (Å²) in [5.41, 5.74) is 2.28. The Morgan fingerprint density at radius 2 is 1.57 bits per heavy atom. The predicted octanol–water partition coefficient (Wildman–Crippen LogP) is 2.80. The molecular formula is C19H22N2O2. The van der Waals surface area contributed by atoms with E-state index in [2.05, 4.69) is 10.6 Å². The zero-order valence-electron chi connectivity index (χ0n) is 13.5. The molecule has 0 heterocycles. The van der Waals surface area contributed by atoms with Crippen LogP contribution in [0.25, 0.3) is 0 Å². The summed E-state index contributed by atoms with van der Waals surface area (Å²) in [4.78, 5) is 23.9. The van der Waals surface area contributed by atoms with Gasteiger partial charge in [0.1, 0.15) is 0 Å². The molecule has 120 valence electrons. The van der Waals surface area contributed by atoms with Crippen LogP contribution in [0.15, 0.2) is 54.6 Å². The Morgan fingerprint density at radius 3 is 2.17 bits per heavy atom. The first-order chi connectivity index (χ1) is 11.1. The van der Waals surface area contributed by atoms with Gasteiger partial charge in [-0.1, -0.05) is 56.3 Å². The summed E-state index contributed by atoms with van der Waals surface area (Å²) in [5, 5.41) is 5.98. The van der Waals surface area contributed by atoms with E-state index in [0.29, 0.717) is 24.2 Å². The van der Waals surface area contributed by atoms with E-state index in [-0.39, 0.29) is 17.7 Å². The van der Waals surface area contributed by atoms with Crippen molar-refractivity contribution in [2.45, 2.75) is 26.4 Å². The number of amides is 1. The van der Waals surface area contributed by atoms with Crippen molar-refractivity contribution in [3.63, 3.8) is 0 Å². The van der Waals surface area contributed by atoms with Crippen molar-refractivity contribution in [2.24, 2.45) is 0 Å². The first-order valence-electron chi connectivity index (χ1n) is 7.75. The smallest absolute Gasteiger partial charge is 0.251 e. The van der Waals surface area contributed by atoms with Crippen LogP contribution in [0.3, 0.4) is 0 Å². The number of benzene rings is 2. The molecule has 0 bridgehead atoms. The molecule has 4 heteroatoms. The van der Waals surface area contributed by atoms with Crippen LogP contribution in [-0.4, -0.2) is 24.3 Å². The Morgan fingerprint density at radius 1 is 0.913 bits per heavy atom. The zero-order chi connectivity index (χ0) is 16.7. The van der Waals surface area contributed by atoms with E-state index in [0.717, 1.165) is 5.56 Å². The molecule has 0 aliphatic heterocycles. The van der Waals surface area contributed by atoms with Crippen molar-refractivity contribution in [1.29, 1.82) is 0 Å². The summed E-state index contributed by atoms with van der Waals surface area (Å²) in [6.07, 6.45) is 0. The molecule has 2 aromatic rings. The molecule has 0 aliphatic carbocycles. The summed E-state index contributed by atoms with van der Waals surface area (Å²) in [7, 11) is 0. The van der Waals surface area contributed by atoms with Crippen LogP contribution in [-0.2, 0) is 6.54 Å². The van der Waals surface area contributed by atoms with Gasteiger partial charge in [-0.2, -0.15) is 0 Å². The second-order valence-electron chi connectivity index (χ2n) is 5.70. The minimum atomic E-state index is -0.105. The highest BCUT2D eigenvalue weighted by Gasteiger charge is 2.07. The Hall–Kier alpha value is -2.46. The number of carbonyl (C=O) groups is 2. The fourth-order valence-electron chi connectivity index (χ4n) is 2.08. The Balaban J connectivity index is 1.88. The molecule has 0 radical (unpaired) electrons. The number of rotatable bonds is 7. The normalized spacial score (nSPS) is 10.6. The summed E-state index contributed by atoms with van der Waals surface area (Å²) in [5.74, 6) is -0.0366. The first-order valence-corrected chi connectivity index (χ1v) is 7.75. The number of carbonyl (C=O) groups excluding carboxylic acids is 2. The average molecular weight is 310 g/mol. The zero-order valence-corrected chi connectivity index (χ0v) is 13.5. The van der Waals surface area contributed by atoms with Crippen LogP contribution < -0.4 is 10.6 Å². The van der Waals surface area contributed by atoms with Crippen molar-refractivity contribution in [2.75, 3.05) is 6.54 Å². The van der Waals surface area contributed by atoms with Crippen LogP contribution >= 0.6 is 0 Å². The van der Waals surface area contributed by atoms with Gasteiger partial charge in [0.15, 0.2) is 5.78 Å². The van der Waals surface area contributed by atoms with Gasteiger partial charge in [0.05, 0.1) is 6.54 Å². The maximum Gasteiger partial charge on any atom is 0.251 e. The van der Waals surface area contributed by atoms with Gasteiger partial charge in [0, 0.05) is 23.7 Å². The Bertz CT molecular complexity index is 649. The lowest BCUT2D eigenvalue weighted by atomic mass is 10.1. The summed E-state index contributed by atoms with van der Waals surface area (Å²) in [6.45, 7) is 4.78. The summed E-state index contributed by atoms with van der Waals surface area (Å²) in [6, 6.07) is 16.7. The maximum atomic E-state index is 12.0. The highest BCUT2D eigenvalue weighted by molar-refractivity contribution is 5.97. The van der Waals surface area contributed by atoms with Crippen molar-refractivity contribution < 1.29 is 9.59 Å². The van der Waals surface area contributed by atoms with Crippen molar-refractivity contribution in [3.8, 4) is 0 Å². The van der Waals surface area contributed by atoms with Gasteiger partial charge in [0.25, 0.3) is 5.91 Å². The molecule has 0 saturated heterocycles. The Kier molecular flexibility index (Phi) is 6.06. The minimum Gasteiger partial charge on any atom is -0.348 e. The van der Waals surface area contributed by atoms with Gasteiger partial charge in [-0.25, -0.2) is 0 Å². The minimum absolute atomic E-state index is 0.0681. The van der Waals surface area contributed by atoms with E-state index < -0.39 is 0 Å². The van der Waals surface area contributed by atoms with E-state index in [9.17, 15) is 9.59 Å². The maximum absolute atomic E-state index is 12.0. The van der Waals surface area contributed by atoms with E-state index in [1.165, 1.54) is 0 Å². The molecule has 2 aromatic carbocycles. The molecule has 0 saturated carbocycles. The van der Waals surface area contributed by atoms with Gasteiger partial charge < -0.3 is 10.6 Å². The van der Waals surface area contributed by atoms with Gasteiger partial charge >= 0.3 is 0 Å². The van der Waals surface area contributed by atoms with Crippen LogP contribution in [0.1, 0.15) is 40.1 Å². The van der Waals surface area contributed by atoms with Crippen molar-refractivity contribution in [3.05, 3.63) is 71.3 Å². The lowest BCUT2D eigenvalue weighted by Crippen LogP contribution is -2.29. The fourth-order valence-corrected chi connectivity index (χ4v) is 2.08. The second kappa shape index (κ2) is 8.25. The molecule has 0 fully saturated rings. The van der Waals surface area contributed by atoms with Crippen LogP contribution in [0.5, 0.6) is 0 Å². The third-order valence-corrected chi connectivity index (χ3v) is 3.44. The fraction of sp³-hybridized carbons (Fsp3) is 0.263. The topological polar surface area (TPSA) is 58.2 Å².